The van der Waals surface area contributed by atoms with Gasteiger partial charge in [0, 0.05) is 36.1 Å². The van der Waals surface area contributed by atoms with Crippen LogP contribution in [-0.2, 0) is 20.9 Å². The molecular weight excluding hydrogens is 560 g/mol. The van der Waals surface area contributed by atoms with Crippen LogP contribution in [0, 0.1) is 6.92 Å². The van der Waals surface area contributed by atoms with Gasteiger partial charge in [0.25, 0.3) is 5.91 Å². The lowest BCUT2D eigenvalue weighted by Gasteiger charge is -2.34. The van der Waals surface area contributed by atoms with Crippen LogP contribution in [0.25, 0.3) is 0 Å². The number of aryl methyl sites for hydroxylation is 1. The number of rotatable bonds is 11. The minimum Gasteiger partial charge on any atom is -0.463 e. The van der Waals surface area contributed by atoms with Crippen LogP contribution in [0.5, 0.6) is 0 Å². The van der Waals surface area contributed by atoms with E-state index in [2.05, 4.69) is 29.6 Å². The third-order valence-corrected chi connectivity index (χ3v) is 8.42. The van der Waals surface area contributed by atoms with Crippen molar-refractivity contribution in [3.8, 4) is 0 Å². The van der Waals surface area contributed by atoms with Crippen LogP contribution in [0.2, 0.25) is 0 Å². The highest BCUT2D eigenvalue weighted by atomic mass is 16.5. The van der Waals surface area contributed by atoms with E-state index in [0.717, 1.165) is 23.1 Å². The molecule has 6 heteroatoms. The molecule has 0 spiro atoms. The van der Waals surface area contributed by atoms with E-state index in [1.807, 2.05) is 85.8 Å². The van der Waals surface area contributed by atoms with Gasteiger partial charge >= 0.3 is 5.97 Å². The van der Waals surface area contributed by atoms with Crippen molar-refractivity contribution in [2.75, 3.05) is 13.2 Å². The normalized spacial score (nSPS) is 14.9. The Balaban J connectivity index is 1.31. The van der Waals surface area contributed by atoms with E-state index in [1.165, 1.54) is 11.1 Å². The van der Waals surface area contributed by atoms with Crippen LogP contribution in [0.1, 0.15) is 76.7 Å². The first-order valence-electron chi connectivity index (χ1n) is 15.6. The lowest BCUT2D eigenvalue weighted by Crippen LogP contribution is -2.38. The monoisotopic (exact) mass is 600 g/mol. The first-order valence-corrected chi connectivity index (χ1v) is 15.6. The maximum atomic E-state index is 13.5. The molecule has 4 aromatic carbocycles. The van der Waals surface area contributed by atoms with E-state index in [4.69, 9.17) is 4.74 Å². The van der Waals surface area contributed by atoms with Gasteiger partial charge < -0.3 is 15.0 Å². The number of hydrogen-bond donors (Lipinski definition) is 1. The van der Waals surface area contributed by atoms with Crippen molar-refractivity contribution in [1.29, 1.82) is 0 Å². The van der Waals surface area contributed by atoms with Crippen molar-refractivity contribution in [3.63, 3.8) is 0 Å². The molecule has 230 valence electrons. The van der Waals surface area contributed by atoms with Gasteiger partial charge in [-0.15, -0.1) is 0 Å². The van der Waals surface area contributed by atoms with Crippen LogP contribution < -0.4 is 5.32 Å². The molecule has 0 aromatic heterocycles. The van der Waals surface area contributed by atoms with Gasteiger partial charge in [-0.1, -0.05) is 103 Å². The number of ether oxygens (including phenoxy) is 1. The van der Waals surface area contributed by atoms with Crippen LogP contribution in [-0.4, -0.2) is 35.8 Å². The highest BCUT2D eigenvalue weighted by Crippen LogP contribution is 2.38. The number of benzene rings is 4. The SMILES string of the molecule is CCOC(=O)C1=C(C)N(Cc2cccc(C(=O)NCCC(c3ccccc3)c3ccccc3)c2)C(=O)C[C@@H]1c1cccc(C)c1. The van der Waals surface area contributed by atoms with Crippen LogP contribution >= 0.6 is 0 Å². The molecule has 0 radical (unpaired) electrons. The molecule has 0 bridgehead atoms. The molecule has 0 unspecified atom stereocenters. The molecule has 0 saturated carbocycles. The summed E-state index contributed by atoms with van der Waals surface area (Å²) in [6.07, 6.45) is 0.920. The number of allylic oxidation sites excluding steroid dienone is 1. The van der Waals surface area contributed by atoms with E-state index >= 15 is 0 Å². The molecule has 1 aliphatic rings. The van der Waals surface area contributed by atoms with Crippen molar-refractivity contribution in [1.82, 2.24) is 10.2 Å². The number of nitrogens with one attached hydrogen (secondary N) is 1. The van der Waals surface area contributed by atoms with Gasteiger partial charge in [0.2, 0.25) is 5.91 Å². The zero-order valence-corrected chi connectivity index (χ0v) is 26.2. The summed E-state index contributed by atoms with van der Waals surface area (Å²) in [6.45, 7) is 6.58. The third-order valence-electron chi connectivity index (χ3n) is 8.42. The smallest absolute Gasteiger partial charge is 0.336 e. The van der Waals surface area contributed by atoms with Gasteiger partial charge in [0.15, 0.2) is 0 Å². The topological polar surface area (TPSA) is 75.7 Å². The fourth-order valence-corrected chi connectivity index (χ4v) is 6.17. The van der Waals surface area contributed by atoms with Gasteiger partial charge in [0.1, 0.15) is 0 Å². The number of carbonyl (C=O) groups excluding carboxylic acids is 3. The minimum absolute atomic E-state index is 0.0743. The number of carbonyl (C=O) groups is 3. The summed E-state index contributed by atoms with van der Waals surface area (Å²) < 4.78 is 5.44. The maximum absolute atomic E-state index is 13.5. The zero-order valence-electron chi connectivity index (χ0n) is 26.2. The molecule has 1 atom stereocenters. The number of hydrogen-bond acceptors (Lipinski definition) is 4. The summed E-state index contributed by atoms with van der Waals surface area (Å²) in [5.41, 5.74) is 6.82. The number of esters is 1. The fourth-order valence-electron chi connectivity index (χ4n) is 6.17. The molecule has 1 aliphatic heterocycles. The Hall–Kier alpha value is -4.97. The Morgan fingerprint density at radius 3 is 2.18 bits per heavy atom. The van der Waals surface area contributed by atoms with E-state index in [-0.39, 0.29) is 43.2 Å². The van der Waals surface area contributed by atoms with Crippen molar-refractivity contribution < 1.29 is 19.1 Å². The predicted molar refractivity (Wildman–Crippen MR) is 177 cm³/mol. The average Bonchev–Trinajstić information content (AvgIpc) is 3.05. The maximum Gasteiger partial charge on any atom is 0.336 e. The standard InChI is InChI=1S/C39H40N2O4/c1-4-45-39(44)37-28(3)41(36(42)25-35(37)32-19-11-13-27(2)23-32)26-29-14-12-20-33(24-29)38(43)40-22-21-34(30-15-7-5-8-16-30)31-17-9-6-10-18-31/h5-20,23-24,34-35H,4,21-22,25-26H2,1-3H3,(H,40,43)/t35-/m1/s1. The minimum atomic E-state index is -0.406. The van der Waals surface area contributed by atoms with Crippen LogP contribution in [0.4, 0.5) is 0 Å². The van der Waals surface area contributed by atoms with E-state index < -0.39 is 5.97 Å². The molecule has 4 aromatic rings. The number of amides is 2. The van der Waals surface area contributed by atoms with E-state index in [0.29, 0.717) is 23.4 Å². The second-order valence-corrected chi connectivity index (χ2v) is 11.5. The zero-order chi connectivity index (χ0) is 31.8. The van der Waals surface area contributed by atoms with Crippen LogP contribution in [0.3, 0.4) is 0 Å². The largest absolute Gasteiger partial charge is 0.463 e. The van der Waals surface area contributed by atoms with Gasteiger partial charge in [-0.25, -0.2) is 4.79 Å². The highest BCUT2D eigenvalue weighted by molar-refractivity contribution is 5.96. The Labute approximate surface area is 265 Å². The first kappa shape index (κ1) is 31.5. The predicted octanol–water partition coefficient (Wildman–Crippen LogP) is 7.30. The number of nitrogens with zero attached hydrogens (tertiary/aromatic N) is 1. The van der Waals surface area contributed by atoms with Gasteiger partial charge in [-0.05, 0) is 61.6 Å². The van der Waals surface area contributed by atoms with E-state index in [1.54, 1.807) is 24.8 Å². The third kappa shape index (κ3) is 7.58. The molecule has 0 saturated heterocycles. The van der Waals surface area contributed by atoms with E-state index in [9.17, 15) is 14.4 Å². The highest BCUT2D eigenvalue weighted by Gasteiger charge is 2.37. The molecule has 0 aliphatic carbocycles. The Morgan fingerprint density at radius 1 is 0.867 bits per heavy atom. The summed E-state index contributed by atoms with van der Waals surface area (Å²) in [4.78, 5) is 41.6. The Kier molecular flexibility index (Phi) is 10.3. The van der Waals surface area contributed by atoms with Gasteiger partial charge in [-0.3, -0.25) is 9.59 Å². The summed E-state index contributed by atoms with van der Waals surface area (Å²) in [7, 11) is 0. The lowest BCUT2D eigenvalue weighted by atomic mass is 9.83. The molecular formula is C39H40N2O4. The Bertz CT molecular complexity index is 1640. The molecule has 1 N–H and O–H groups in total. The molecule has 5 rings (SSSR count). The average molecular weight is 601 g/mol. The molecule has 0 fully saturated rings. The first-order chi connectivity index (χ1) is 21.9. The summed E-state index contributed by atoms with van der Waals surface area (Å²) in [5.74, 6) is -0.858. The van der Waals surface area contributed by atoms with Crippen molar-refractivity contribution in [3.05, 3.63) is 154 Å². The lowest BCUT2D eigenvalue weighted by molar-refractivity contribution is -0.140. The molecule has 2 amide bonds. The van der Waals surface area contributed by atoms with Crippen molar-refractivity contribution in [2.45, 2.75) is 52.0 Å². The van der Waals surface area contributed by atoms with Gasteiger partial charge in [-0.2, -0.15) is 0 Å². The summed E-state index contributed by atoms with van der Waals surface area (Å²) >= 11 is 0. The molecule has 1 heterocycles. The summed E-state index contributed by atoms with van der Waals surface area (Å²) in [6, 6.07) is 35.9. The second-order valence-electron chi connectivity index (χ2n) is 11.5. The molecule has 6 nitrogen and oxygen atoms in total. The fraction of sp³-hybridized carbons (Fsp3) is 0.256. The Morgan fingerprint density at radius 2 is 1.53 bits per heavy atom. The van der Waals surface area contributed by atoms with Crippen LogP contribution in [0.15, 0.2) is 120 Å². The summed E-state index contributed by atoms with van der Waals surface area (Å²) in [5, 5.41) is 3.09. The second kappa shape index (κ2) is 14.7. The van der Waals surface area contributed by atoms with Crippen molar-refractivity contribution in [2.24, 2.45) is 0 Å². The van der Waals surface area contributed by atoms with Crippen molar-refractivity contribution >= 4 is 17.8 Å². The quantitative estimate of drug-likeness (QED) is 0.183. The molecule has 45 heavy (non-hydrogen) atoms. The van der Waals surface area contributed by atoms with Gasteiger partial charge in [0.05, 0.1) is 18.7 Å².